The summed E-state index contributed by atoms with van der Waals surface area (Å²) in [6.07, 6.45) is 63.7. The highest BCUT2D eigenvalue weighted by Crippen LogP contribution is 2.14. The van der Waals surface area contributed by atoms with Gasteiger partial charge in [-0.3, -0.25) is 9.59 Å². The summed E-state index contributed by atoms with van der Waals surface area (Å²) in [5.41, 5.74) is 0. The normalized spacial score (nSPS) is 12.7. The summed E-state index contributed by atoms with van der Waals surface area (Å²) in [6, 6.07) is 0. The SMILES string of the molecule is CCC/C=C\C/C=C\CCCCCCCC(=O)OC(COCCCCCCCC/C=C\CCCC)COC(=O)CCCCCCCCCCC/C=C\C/C=C\CCCCC. The van der Waals surface area contributed by atoms with E-state index >= 15 is 0 Å². The number of hydrogen-bond acceptors (Lipinski definition) is 5. The molecule has 5 nitrogen and oxygen atoms in total. The molecule has 0 saturated heterocycles. The van der Waals surface area contributed by atoms with Crippen molar-refractivity contribution in [3.8, 4) is 0 Å². The van der Waals surface area contributed by atoms with Gasteiger partial charge in [0.1, 0.15) is 6.61 Å². The molecular formula is C55H98O5. The highest BCUT2D eigenvalue weighted by Gasteiger charge is 2.17. The Bertz CT molecular complexity index is 1040. The first kappa shape index (κ1) is 57.6. The van der Waals surface area contributed by atoms with Gasteiger partial charge in [0, 0.05) is 19.4 Å². The predicted molar refractivity (Wildman–Crippen MR) is 261 cm³/mol. The molecule has 0 radical (unpaired) electrons. The van der Waals surface area contributed by atoms with Crippen LogP contribution in [0.2, 0.25) is 0 Å². The second-order valence-electron chi connectivity index (χ2n) is 17.1. The molecule has 0 rings (SSSR count). The Kier molecular flexibility index (Phi) is 48.9. The number of carbonyl (C=O) groups is 2. The molecule has 60 heavy (non-hydrogen) atoms. The van der Waals surface area contributed by atoms with E-state index in [0.29, 0.717) is 19.4 Å². The number of carbonyl (C=O) groups excluding carboxylic acids is 2. The monoisotopic (exact) mass is 839 g/mol. The zero-order valence-corrected chi connectivity index (χ0v) is 40.0. The van der Waals surface area contributed by atoms with Crippen molar-refractivity contribution >= 4 is 11.9 Å². The van der Waals surface area contributed by atoms with Crippen LogP contribution < -0.4 is 0 Å². The summed E-state index contributed by atoms with van der Waals surface area (Å²) in [4.78, 5) is 25.4. The van der Waals surface area contributed by atoms with Gasteiger partial charge in [0.2, 0.25) is 0 Å². The standard InChI is InChI=1S/C55H98O5/c1-4-7-10-13-16-19-22-25-26-27-28-29-30-32-33-36-39-42-45-48-54(56)59-52-53(51-58-50-47-44-41-38-35-24-21-18-15-12-9-6-3)60-55(57)49-46-43-40-37-34-31-23-20-17-14-11-8-5-2/h11,14-16,18-20,23,25-26,53H,4-10,12-13,17,21-22,24,27-52H2,1-3H3/b14-11-,18-15-,19-16-,23-20-,26-25-. The van der Waals surface area contributed by atoms with E-state index in [1.54, 1.807) is 0 Å². The lowest BCUT2D eigenvalue weighted by atomic mass is 10.1. The molecule has 1 unspecified atom stereocenters. The molecule has 348 valence electrons. The van der Waals surface area contributed by atoms with E-state index in [4.69, 9.17) is 14.2 Å². The van der Waals surface area contributed by atoms with Crippen molar-refractivity contribution in [3.63, 3.8) is 0 Å². The molecule has 5 heteroatoms. The van der Waals surface area contributed by atoms with Crippen molar-refractivity contribution in [1.82, 2.24) is 0 Å². The predicted octanol–water partition coefficient (Wildman–Crippen LogP) is 17.3. The first-order valence-electron chi connectivity index (χ1n) is 25.8. The average molecular weight is 839 g/mol. The maximum atomic E-state index is 12.8. The quantitative estimate of drug-likeness (QED) is 0.0347. The molecule has 0 saturated carbocycles. The molecule has 0 aromatic heterocycles. The summed E-state index contributed by atoms with van der Waals surface area (Å²) >= 11 is 0. The molecule has 0 N–H and O–H groups in total. The van der Waals surface area contributed by atoms with Gasteiger partial charge in [0.15, 0.2) is 6.10 Å². The highest BCUT2D eigenvalue weighted by molar-refractivity contribution is 5.70. The van der Waals surface area contributed by atoms with Gasteiger partial charge >= 0.3 is 11.9 Å². The molecule has 0 aliphatic heterocycles. The second kappa shape index (κ2) is 51.0. The molecule has 0 aliphatic carbocycles. The lowest BCUT2D eigenvalue weighted by Crippen LogP contribution is -2.30. The van der Waals surface area contributed by atoms with Crippen LogP contribution in [-0.4, -0.2) is 37.9 Å². The first-order chi connectivity index (χ1) is 29.6. The maximum absolute atomic E-state index is 12.8. The number of hydrogen-bond donors (Lipinski definition) is 0. The van der Waals surface area contributed by atoms with Crippen molar-refractivity contribution in [2.24, 2.45) is 0 Å². The van der Waals surface area contributed by atoms with Crippen molar-refractivity contribution in [2.75, 3.05) is 19.8 Å². The van der Waals surface area contributed by atoms with Crippen LogP contribution in [0, 0.1) is 0 Å². The fourth-order valence-corrected chi connectivity index (χ4v) is 7.09. The number of esters is 2. The van der Waals surface area contributed by atoms with E-state index in [9.17, 15) is 9.59 Å². The lowest BCUT2D eigenvalue weighted by Gasteiger charge is -2.18. The fraction of sp³-hybridized carbons (Fsp3) is 0.782. The van der Waals surface area contributed by atoms with Crippen LogP contribution in [0.25, 0.3) is 0 Å². The summed E-state index contributed by atoms with van der Waals surface area (Å²) in [7, 11) is 0. The average Bonchev–Trinajstić information content (AvgIpc) is 3.25. The third-order valence-corrected chi connectivity index (χ3v) is 11.0. The highest BCUT2D eigenvalue weighted by atomic mass is 16.6. The fourth-order valence-electron chi connectivity index (χ4n) is 7.09. The Balaban J connectivity index is 4.24. The maximum Gasteiger partial charge on any atom is 0.306 e. The van der Waals surface area contributed by atoms with Crippen LogP contribution in [0.4, 0.5) is 0 Å². The molecular weight excluding hydrogens is 741 g/mol. The Morgan fingerprint density at radius 1 is 0.367 bits per heavy atom. The Morgan fingerprint density at radius 2 is 0.750 bits per heavy atom. The minimum Gasteiger partial charge on any atom is -0.462 e. The molecule has 0 fully saturated rings. The zero-order chi connectivity index (χ0) is 43.5. The number of allylic oxidation sites excluding steroid dienone is 10. The number of unbranched alkanes of at least 4 members (excludes halogenated alkanes) is 26. The van der Waals surface area contributed by atoms with Gasteiger partial charge < -0.3 is 14.2 Å². The van der Waals surface area contributed by atoms with E-state index in [1.165, 1.54) is 154 Å². The van der Waals surface area contributed by atoms with E-state index in [1.807, 2.05) is 0 Å². The molecule has 0 aromatic carbocycles. The Morgan fingerprint density at radius 3 is 1.23 bits per heavy atom. The molecule has 0 bridgehead atoms. The molecule has 0 heterocycles. The van der Waals surface area contributed by atoms with Crippen molar-refractivity contribution in [2.45, 2.75) is 258 Å². The summed E-state index contributed by atoms with van der Waals surface area (Å²) < 4.78 is 17.4. The van der Waals surface area contributed by atoms with E-state index in [-0.39, 0.29) is 25.2 Å². The van der Waals surface area contributed by atoms with Gasteiger partial charge in [-0.2, -0.15) is 0 Å². The summed E-state index contributed by atoms with van der Waals surface area (Å²) in [5, 5.41) is 0. The Hall–Kier alpha value is -2.40. The summed E-state index contributed by atoms with van der Waals surface area (Å²) in [6.45, 7) is 7.69. The third-order valence-electron chi connectivity index (χ3n) is 11.0. The van der Waals surface area contributed by atoms with Gasteiger partial charge in [-0.15, -0.1) is 0 Å². The third kappa shape index (κ3) is 48.3. The second-order valence-corrected chi connectivity index (χ2v) is 17.1. The van der Waals surface area contributed by atoms with E-state index < -0.39 is 6.10 Å². The van der Waals surface area contributed by atoms with Gasteiger partial charge in [-0.05, 0) is 96.3 Å². The van der Waals surface area contributed by atoms with Crippen LogP contribution >= 0.6 is 0 Å². The van der Waals surface area contributed by atoms with Crippen LogP contribution in [-0.2, 0) is 23.8 Å². The van der Waals surface area contributed by atoms with Gasteiger partial charge in [0.25, 0.3) is 0 Å². The summed E-state index contributed by atoms with van der Waals surface area (Å²) in [5.74, 6) is -0.417. The first-order valence-corrected chi connectivity index (χ1v) is 25.8. The largest absolute Gasteiger partial charge is 0.462 e. The van der Waals surface area contributed by atoms with Crippen molar-refractivity contribution < 1.29 is 23.8 Å². The minimum absolute atomic E-state index is 0.0747. The Labute approximate surface area is 373 Å². The van der Waals surface area contributed by atoms with E-state index in [0.717, 1.165) is 64.2 Å². The van der Waals surface area contributed by atoms with Crippen LogP contribution in [0.1, 0.15) is 252 Å². The number of rotatable bonds is 47. The topological polar surface area (TPSA) is 61.8 Å². The van der Waals surface area contributed by atoms with E-state index in [2.05, 4.69) is 81.5 Å². The molecule has 0 spiro atoms. The van der Waals surface area contributed by atoms with Gasteiger partial charge in [-0.25, -0.2) is 0 Å². The molecule has 0 aromatic rings. The minimum atomic E-state index is -0.547. The van der Waals surface area contributed by atoms with Crippen LogP contribution in [0.3, 0.4) is 0 Å². The molecule has 0 amide bonds. The molecule has 0 aliphatic rings. The van der Waals surface area contributed by atoms with Gasteiger partial charge in [0.05, 0.1) is 6.61 Å². The van der Waals surface area contributed by atoms with Gasteiger partial charge in [-0.1, -0.05) is 204 Å². The van der Waals surface area contributed by atoms with Crippen molar-refractivity contribution in [3.05, 3.63) is 60.8 Å². The molecule has 1 atom stereocenters. The van der Waals surface area contributed by atoms with Crippen LogP contribution in [0.5, 0.6) is 0 Å². The lowest BCUT2D eigenvalue weighted by molar-refractivity contribution is -0.163. The van der Waals surface area contributed by atoms with Crippen molar-refractivity contribution in [1.29, 1.82) is 0 Å². The van der Waals surface area contributed by atoms with Crippen LogP contribution in [0.15, 0.2) is 60.8 Å². The number of ether oxygens (including phenoxy) is 3. The smallest absolute Gasteiger partial charge is 0.306 e. The zero-order valence-electron chi connectivity index (χ0n) is 40.0.